The van der Waals surface area contributed by atoms with Crippen molar-refractivity contribution in [3.63, 3.8) is 0 Å². The first-order valence-corrected chi connectivity index (χ1v) is 7.58. The van der Waals surface area contributed by atoms with Crippen LogP contribution in [0.1, 0.15) is 18.1 Å². The molecule has 1 aliphatic carbocycles. The molecule has 0 amide bonds. The van der Waals surface area contributed by atoms with Crippen LogP contribution in [0.3, 0.4) is 0 Å². The average molecular weight is 291 g/mol. The van der Waals surface area contributed by atoms with Crippen LogP contribution in [-0.4, -0.2) is 0 Å². The van der Waals surface area contributed by atoms with Gasteiger partial charge in [0, 0.05) is 5.02 Å². The monoisotopic (exact) mass is 290 g/mol. The highest BCUT2D eigenvalue weighted by molar-refractivity contribution is 6.31. The summed E-state index contributed by atoms with van der Waals surface area (Å²) in [6.45, 7) is 2.18. The molecule has 1 heteroatoms. The highest BCUT2D eigenvalue weighted by atomic mass is 35.5. The van der Waals surface area contributed by atoms with E-state index in [1.165, 1.54) is 38.6 Å². The van der Waals surface area contributed by atoms with Gasteiger partial charge in [0.1, 0.15) is 0 Å². The van der Waals surface area contributed by atoms with Gasteiger partial charge >= 0.3 is 0 Å². The van der Waals surface area contributed by atoms with Crippen LogP contribution in [0.2, 0.25) is 5.02 Å². The highest BCUT2D eigenvalue weighted by Gasteiger charge is 2.17. The van der Waals surface area contributed by atoms with E-state index in [1.807, 2.05) is 0 Å². The van der Waals surface area contributed by atoms with Crippen molar-refractivity contribution in [2.24, 2.45) is 0 Å². The van der Waals surface area contributed by atoms with Crippen molar-refractivity contribution in [3.05, 3.63) is 76.3 Å². The van der Waals surface area contributed by atoms with Gasteiger partial charge in [-0.3, -0.25) is 0 Å². The van der Waals surface area contributed by atoms with E-state index in [2.05, 4.69) is 67.6 Å². The summed E-state index contributed by atoms with van der Waals surface area (Å²) < 4.78 is 0. The second-order valence-electron chi connectivity index (χ2n) is 5.72. The Morgan fingerprint density at radius 2 is 1.71 bits per heavy atom. The Hall–Kier alpha value is -2.05. The van der Waals surface area contributed by atoms with Gasteiger partial charge in [-0.2, -0.15) is 0 Å². The molecule has 0 spiro atoms. The van der Waals surface area contributed by atoms with E-state index in [1.54, 1.807) is 0 Å². The fourth-order valence-corrected chi connectivity index (χ4v) is 3.51. The summed E-state index contributed by atoms with van der Waals surface area (Å²) in [5, 5.41) is 3.37. The molecule has 0 bridgehead atoms. The summed E-state index contributed by atoms with van der Waals surface area (Å²) in [5.74, 6) is 0. The predicted molar refractivity (Wildman–Crippen MR) is 91.7 cm³/mol. The van der Waals surface area contributed by atoms with Crippen LogP contribution in [-0.2, 0) is 6.42 Å². The van der Waals surface area contributed by atoms with E-state index >= 15 is 0 Å². The molecule has 0 aliphatic heterocycles. The zero-order valence-corrected chi connectivity index (χ0v) is 12.6. The Kier molecular flexibility index (Phi) is 2.87. The van der Waals surface area contributed by atoms with Gasteiger partial charge in [-0.15, -0.1) is 0 Å². The first kappa shape index (κ1) is 12.7. The SMILES string of the molecule is CC1=Cc2c(cc(Cl)cc2-c2cccc3ccccc23)C1. The normalized spacial score (nSPS) is 13.3. The van der Waals surface area contributed by atoms with Gasteiger partial charge in [0.15, 0.2) is 0 Å². The first-order valence-electron chi connectivity index (χ1n) is 7.20. The van der Waals surface area contributed by atoms with Gasteiger partial charge in [-0.05, 0) is 58.5 Å². The van der Waals surface area contributed by atoms with Crippen molar-refractivity contribution in [2.45, 2.75) is 13.3 Å². The van der Waals surface area contributed by atoms with Gasteiger partial charge in [-0.1, -0.05) is 65.7 Å². The number of fused-ring (bicyclic) bond motifs is 2. The molecule has 3 aromatic carbocycles. The van der Waals surface area contributed by atoms with Gasteiger partial charge in [0.05, 0.1) is 0 Å². The van der Waals surface area contributed by atoms with E-state index < -0.39 is 0 Å². The lowest BCUT2D eigenvalue weighted by Crippen LogP contribution is -1.89. The minimum Gasteiger partial charge on any atom is -0.0843 e. The maximum absolute atomic E-state index is 6.35. The Morgan fingerprint density at radius 1 is 0.905 bits per heavy atom. The van der Waals surface area contributed by atoms with E-state index in [-0.39, 0.29) is 0 Å². The van der Waals surface area contributed by atoms with Crippen LogP contribution in [0.4, 0.5) is 0 Å². The summed E-state index contributed by atoms with van der Waals surface area (Å²) in [4.78, 5) is 0. The number of rotatable bonds is 1. The molecule has 4 rings (SSSR count). The van der Waals surface area contributed by atoms with E-state index in [4.69, 9.17) is 11.6 Å². The summed E-state index contributed by atoms with van der Waals surface area (Å²) in [7, 11) is 0. The zero-order valence-electron chi connectivity index (χ0n) is 11.9. The van der Waals surface area contributed by atoms with Gasteiger partial charge in [0.25, 0.3) is 0 Å². The smallest absolute Gasteiger partial charge is 0.0415 e. The molecule has 0 unspecified atom stereocenters. The van der Waals surface area contributed by atoms with Gasteiger partial charge in [-0.25, -0.2) is 0 Å². The predicted octanol–water partition coefficient (Wildman–Crippen LogP) is 6.12. The molecule has 0 saturated carbocycles. The molecule has 0 N–H and O–H groups in total. The van der Waals surface area contributed by atoms with Crippen molar-refractivity contribution in [1.29, 1.82) is 0 Å². The number of hydrogen-bond acceptors (Lipinski definition) is 0. The maximum atomic E-state index is 6.35. The van der Waals surface area contributed by atoms with Crippen molar-refractivity contribution < 1.29 is 0 Å². The summed E-state index contributed by atoms with van der Waals surface area (Å²) >= 11 is 6.35. The fourth-order valence-electron chi connectivity index (χ4n) is 3.27. The topological polar surface area (TPSA) is 0 Å². The summed E-state index contributed by atoms with van der Waals surface area (Å²) in [6, 6.07) is 19.2. The average Bonchev–Trinajstić information content (AvgIpc) is 2.86. The third-order valence-electron chi connectivity index (χ3n) is 4.17. The van der Waals surface area contributed by atoms with Crippen molar-refractivity contribution >= 4 is 28.4 Å². The maximum Gasteiger partial charge on any atom is 0.0415 e. The molecule has 0 aromatic heterocycles. The van der Waals surface area contributed by atoms with Crippen LogP contribution in [0.5, 0.6) is 0 Å². The molecule has 102 valence electrons. The van der Waals surface area contributed by atoms with E-state index in [9.17, 15) is 0 Å². The Morgan fingerprint density at radius 3 is 2.62 bits per heavy atom. The number of hydrogen-bond donors (Lipinski definition) is 0. The quantitative estimate of drug-likeness (QED) is 0.506. The molecule has 0 nitrogen and oxygen atoms in total. The molecule has 0 heterocycles. The lowest BCUT2D eigenvalue weighted by molar-refractivity contribution is 1.20. The molecule has 0 saturated heterocycles. The molecule has 3 aromatic rings. The fraction of sp³-hybridized carbons (Fsp3) is 0.100. The van der Waals surface area contributed by atoms with Crippen LogP contribution < -0.4 is 0 Å². The van der Waals surface area contributed by atoms with Crippen LogP contribution >= 0.6 is 11.6 Å². The Balaban J connectivity index is 2.06. The van der Waals surface area contributed by atoms with Crippen LogP contribution in [0.15, 0.2) is 60.2 Å². The molecule has 0 fully saturated rings. The second-order valence-corrected chi connectivity index (χ2v) is 6.16. The Bertz CT molecular complexity index is 882. The third-order valence-corrected chi connectivity index (χ3v) is 4.39. The molecule has 1 aliphatic rings. The van der Waals surface area contributed by atoms with E-state index in [0.717, 1.165) is 11.4 Å². The van der Waals surface area contributed by atoms with E-state index in [0.29, 0.717) is 0 Å². The molecule has 0 radical (unpaired) electrons. The van der Waals surface area contributed by atoms with Crippen LogP contribution in [0.25, 0.3) is 28.0 Å². The van der Waals surface area contributed by atoms with Gasteiger partial charge in [0.2, 0.25) is 0 Å². The number of allylic oxidation sites excluding steroid dienone is 1. The molecule has 0 atom stereocenters. The van der Waals surface area contributed by atoms with Crippen molar-refractivity contribution in [3.8, 4) is 11.1 Å². The number of halogens is 1. The Labute approximate surface area is 129 Å². The molecular weight excluding hydrogens is 276 g/mol. The van der Waals surface area contributed by atoms with Gasteiger partial charge < -0.3 is 0 Å². The summed E-state index contributed by atoms with van der Waals surface area (Å²) in [5.41, 5.74) is 6.56. The standard InChI is InChI=1S/C20H15Cl/c1-13-9-15-11-16(21)12-20(19(15)10-13)18-8-4-6-14-5-2-3-7-17(14)18/h2-8,10-12H,9H2,1H3. The third kappa shape index (κ3) is 2.07. The second kappa shape index (κ2) is 4.75. The molecule has 21 heavy (non-hydrogen) atoms. The highest BCUT2D eigenvalue weighted by Crippen LogP contribution is 2.39. The lowest BCUT2D eigenvalue weighted by Gasteiger charge is -2.12. The minimum absolute atomic E-state index is 0.819. The summed E-state index contributed by atoms with van der Waals surface area (Å²) in [6.07, 6.45) is 3.30. The molecular formula is C20H15Cl. The van der Waals surface area contributed by atoms with Crippen molar-refractivity contribution in [1.82, 2.24) is 0 Å². The zero-order chi connectivity index (χ0) is 14.4. The minimum atomic E-state index is 0.819. The van der Waals surface area contributed by atoms with Crippen LogP contribution in [0, 0.1) is 0 Å². The number of benzene rings is 3. The largest absolute Gasteiger partial charge is 0.0843 e. The lowest BCUT2D eigenvalue weighted by atomic mass is 9.93. The first-order chi connectivity index (χ1) is 10.2. The van der Waals surface area contributed by atoms with Crippen molar-refractivity contribution in [2.75, 3.05) is 0 Å².